The number of sulfone groups is 1. The molecule has 5 heteroatoms. The Hall–Kier alpha value is -0.160. The van der Waals surface area contributed by atoms with E-state index >= 15 is 0 Å². The monoisotopic (exact) mass is 223 g/mol. The lowest BCUT2D eigenvalue weighted by Gasteiger charge is -2.33. The van der Waals surface area contributed by atoms with Crippen molar-refractivity contribution in [2.45, 2.75) is 25.4 Å². The summed E-state index contributed by atoms with van der Waals surface area (Å²) in [4.78, 5) is 0. The van der Waals surface area contributed by atoms with E-state index in [2.05, 4.69) is 5.32 Å². The van der Waals surface area contributed by atoms with Gasteiger partial charge in [0, 0.05) is 6.54 Å². The molecule has 1 atom stereocenters. The first-order valence-corrected chi connectivity index (χ1v) is 6.73. The van der Waals surface area contributed by atoms with Crippen molar-refractivity contribution in [2.24, 2.45) is 5.92 Å². The van der Waals surface area contributed by atoms with Gasteiger partial charge < -0.3 is 5.32 Å². The van der Waals surface area contributed by atoms with E-state index in [-0.39, 0.29) is 24.0 Å². The predicted octanol–water partition coefficient (Wildman–Crippen LogP) is 0.759. The lowest BCUT2D eigenvalue weighted by molar-refractivity contribution is 0.0953. The maximum atomic E-state index is 14.0. The lowest BCUT2D eigenvalue weighted by atomic mass is 9.86. The van der Waals surface area contributed by atoms with E-state index in [9.17, 15) is 12.8 Å². The van der Waals surface area contributed by atoms with Gasteiger partial charge in [0.2, 0.25) is 0 Å². The molecular weight excluding hydrogens is 205 g/mol. The van der Waals surface area contributed by atoms with Gasteiger partial charge in [-0.2, -0.15) is 0 Å². The quantitative estimate of drug-likeness (QED) is 0.768. The van der Waals surface area contributed by atoms with E-state index < -0.39 is 15.5 Å². The van der Waals surface area contributed by atoms with Gasteiger partial charge in [-0.3, -0.25) is 0 Å². The van der Waals surface area contributed by atoms with Crippen molar-refractivity contribution in [3.63, 3.8) is 0 Å². The Morgan fingerprint density at radius 2 is 1.93 bits per heavy atom. The van der Waals surface area contributed by atoms with E-state index in [1.807, 2.05) is 0 Å². The van der Waals surface area contributed by atoms with Crippen molar-refractivity contribution >= 4 is 9.84 Å². The summed E-state index contributed by atoms with van der Waals surface area (Å²) < 4.78 is 36.3. The smallest absolute Gasteiger partial charge is 0.150 e. The first kappa shape index (κ1) is 11.9. The van der Waals surface area contributed by atoms with Crippen LogP contribution in [0.1, 0.15) is 19.8 Å². The topological polar surface area (TPSA) is 46.2 Å². The Morgan fingerprint density at radius 3 is 2.36 bits per heavy atom. The Kier molecular flexibility index (Phi) is 3.53. The van der Waals surface area contributed by atoms with Crippen LogP contribution < -0.4 is 5.32 Å². The van der Waals surface area contributed by atoms with Gasteiger partial charge in [0.15, 0.2) is 0 Å². The molecule has 1 heterocycles. The zero-order valence-corrected chi connectivity index (χ0v) is 9.53. The normalized spacial score (nSPS) is 27.1. The second-order valence-electron chi connectivity index (χ2n) is 4.23. The zero-order chi connectivity index (χ0) is 10.8. The number of alkyl halides is 1. The Balaban J connectivity index is 2.57. The van der Waals surface area contributed by atoms with Gasteiger partial charge in [-0.25, -0.2) is 12.8 Å². The van der Waals surface area contributed by atoms with Gasteiger partial charge in [-0.15, -0.1) is 0 Å². The Bertz CT molecular complexity index is 273. The van der Waals surface area contributed by atoms with Gasteiger partial charge in [0.1, 0.15) is 15.5 Å². The average molecular weight is 223 g/mol. The van der Waals surface area contributed by atoms with Crippen LogP contribution in [-0.4, -0.2) is 39.2 Å². The fourth-order valence-corrected chi connectivity index (χ4v) is 3.47. The molecule has 1 rings (SSSR count). The molecule has 1 fully saturated rings. The van der Waals surface area contributed by atoms with Crippen LogP contribution in [0.15, 0.2) is 0 Å². The summed E-state index contributed by atoms with van der Waals surface area (Å²) in [5.74, 6) is 0.153. The molecule has 0 saturated carbocycles. The van der Waals surface area contributed by atoms with E-state index in [1.165, 1.54) is 0 Å². The highest BCUT2D eigenvalue weighted by atomic mass is 32.2. The van der Waals surface area contributed by atoms with Crippen LogP contribution in [0.5, 0.6) is 0 Å². The maximum absolute atomic E-state index is 14.0. The minimum Gasteiger partial charge on any atom is -0.317 e. The molecule has 0 spiro atoms. The molecular formula is C9H18FNO2S. The van der Waals surface area contributed by atoms with Crippen molar-refractivity contribution in [2.75, 3.05) is 25.1 Å². The predicted molar refractivity (Wildman–Crippen MR) is 54.8 cm³/mol. The standard InChI is InChI=1S/C9H18FNO2S/c1-9(10,7-11-2)8-3-5-14(12,13)6-4-8/h8,11H,3-7H2,1-2H3. The molecule has 1 saturated heterocycles. The molecule has 0 aromatic carbocycles. The summed E-state index contributed by atoms with van der Waals surface area (Å²) in [6.07, 6.45) is 0.911. The molecule has 84 valence electrons. The second kappa shape index (κ2) is 4.14. The summed E-state index contributed by atoms with van der Waals surface area (Å²) in [6.45, 7) is 1.84. The molecule has 1 unspecified atom stereocenters. The number of halogens is 1. The highest BCUT2D eigenvalue weighted by Gasteiger charge is 2.37. The molecule has 0 amide bonds. The summed E-state index contributed by atoms with van der Waals surface area (Å²) in [7, 11) is -1.17. The van der Waals surface area contributed by atoms with E-state index in [4.69, 9.17) is 0 Å². The largest absolute Gasteiger partial charge is 0.317 e. The fourth-order valence-electron chi connectivity index (χ4n) is 1.98. The SMILES string of the molecule is CNCC(C)(F)C1CCS(=O)(=O)CC1. The molecule has 0 radical (unpaired) electrons. The van der Waals surface area contributed by atoms with Gasteiger partial charge in [0.25, 0.3) is 0 Å². The molecule has 0 bridgehead atoms. The van der Waals surface area contributed by atoms with Crippen molar-refractivity contribution in [1.29, 1.82) is 0 Å². The lowest BCUT2D eigenvalue weighted by Crippen LogP contribution is -2.43. The third kappa shape index (κ3) is 2.92. The Labute approximate surface area is 85.0 Å². The molecule has 14 heavy (non-hydrogen) atoms. The molecule has 1 aliphatic rings. The molecule has 0 aromatic heterocycles. The number of rotatable bonds is 3. The maximum Gasteiger partial charge on any atom is 0.150 e. The van der Waals surface area contributed by atoms with Crippen molar-refractivity contribution in [3.05, 3.63) is 0 Å². The molecule has 3 nitrogen and oxygen atoms in total. The molecule has 0 aliphatic carbocycles. The van der Waals surface area contributed by atoms with E-state index in [1.54, 1.807) is 14.0 Å². The first-order valence-electron chi connectivity index (χ1n) is 4.91. The number of hydrogen-bond donors (Lipinski definition) is 1. The minimum absolute atomic E-state index is 0.126. The highest BCUT2D eigenvalue weighted by Crippen LogP contribution is 2.31. The summed E-state index contributed by atoms with van der Waals surface area (Å²) >= 11 is 0. The van der Waals surface area contributed by atoms with Gasteiger partial charge in [-0.05, 0) is 32.7 Å². The highest BCUT2D eigenvalue weighted by molar-refractivity contribution is 7.91. The first-order chi connectivity index (χ1) is 6.37. The van der Waals surface area contributed by atoms with Crippen molar-refractivity contribution in [3.8, 4) is 0 Å². The average Bonchev–Trinajstić information content (AvgIpc) is 2.03. The van der Waals surface area contributed by atoms with E-state index in [0.29, 0.717) is 12.8 Å². The number of nitrogens with one attached hydrogen (secondary N) is 1. The zero-order valence-electron chi connectivity index (χ0n) is 8.72. The summed E-state index contributed by atoms with van der Waals surface area (Å²) in [6, 6.07) is 0. The molecule has 1 N–H and O–H groups in total. The second-order valence-corrected chi connectivity index (χ2v) is 6.54. The third-order valence-electron chi connectivity index (χ3n) is 2.93. The van der Waals surface area contributed by atoms with Crippen molar-refractivity contribution in [1.82, 2.24) is 5.32 Å². The van der Waals surface area contributed by atoms with Crippen LogP contribution >= 0.6 is 0 Å². The van der Waals surface area contributed by atoms with Crippen LogP contribution in [0.4, 0.5) is 4.39 Å². The van der Waals surface area contributed by atoms with Crippen LogP contribution in [-0.2, 0) is 9.84 Å². The van der Waals surface area contributed by atoms with Crippen LogP contribution in [0.25, 0.3) is 0 Å². The van der Waals surface area contributed by atoms with E-state index in [0.717, 1.165) is 0 Å². The number of hydrogen-bond acceptors (Lipinski definition) is 3. The summed E-state index contributed by atoms with van der Waals surface area (Å²) in [5, 5.41) is 2.80. The van der Waals surface area contributed by atoms with Crippen LogP contribution in [0.2, 0.25) is 0 Å². The molecule has 1 aliphatic heterocycles. The van der Waals surface area contributed by atoms with Gasteiger partial charge in [0.05, 0.1) is 11.5 Å². The van der Waals surface area contributed by atoms with Crippen molar-refractivity contribution < 1.29 is 12.8 Å². The summed E-state index contributed by atoms with van der Waals surface area (Å²) in [5.41, 5.74) is -1.29. The molecule has 0 aromatic rings. The third-order valence-corrected chi connectivity index (χ3v) is 4.64. The fraction of sp³-hybridized carbons (Fsp3) is 1.00. The van der Waals surface area contributed by atoms with Crippen LogP contribution in [0, 0.1) is 5.92 Å². The minimum atomic E-state index is -2.88. The van der Waals surface area contributed by atoms with Gasteiger partial charge >= 0.3 is 0 Å². The Morgan fingerprint density at radius 1 is 1.43 bits per heavy atom. The van der Waals surface area contributed by atoms with Gasteiger partial charge in [-0.1, -0.05) is 0 Å². The van der Waals surface area contributed by atoms with Crippen LogP contribution in [0.3, 0.4) is 0 Å².